The van der Waals surface area contributed by atoms with Crippen LogP contribution in [0, 0.1) is 6.92 Å². The maximum atomic E-state index is 4.98. The number of thiophene rings is 1. The molecule has 0 saturated heterocycles. The van der Waals surface area contributed by atoms with E-state index in [1.165, 1.54) is 10.4 Å². The molecule has 4 heteroatoms. The molecule has 1 aromatic heterocycles. The van der Waals surface area contributed by atoms with Crippen LogP contribution in [0.3, 0.4) is 0 Å². The van der Waals surface area contributed by atoms with Crippen LogP contribution in [0.25, 0.3) is 0 Å². The molecular formula is C12H22N2OS. The fourth-order valence-corrected chi connectivity index (χ4v) is 2.44. The summed E-state index contributed by atoms with van der Waals surface area (Å²) in [5.74, 6) is 0. The molecule has 0 aromatic carbocycles. The van der Waals surface area contributed by atoms with Crippen LogP contribution in [0.5, 0.6) is 0 Å². The number of hydrogen-bond acceptors (Lipinski definition) is 4. The molecule has 3 nitrogen and oxygen atoms in total. The van der Waals surface area contributed by atoms with Crippen LogP contribution in [-0.4, -0.2) is 45.3 Å². The molecule has 0 bridgehead atoms. The van der Waals surface area contributed by atoms with E-state index in [1.807, 2.05) is 11.3 Å². The monoisotopic (exact) mass is 242 g/mol. The third-order valence-corrected chi connectivity index (χ3v) is 3.54. The average Bonchev–Trinajstić information content (AvgIpc) is 2.64. The first-order valence-electron chi connectivity index (χ1n) is 5.65. The molecule has 0 spiro atoms. The van der Waals surface area contributed by atoms with Gasteiger partial charge in [-0.05, 0) is 31.0 Å². The lowest BCUT2D eigenvalue weighted by atomic mass is 10.3. The summed E-state index contributed by atoms with van der Waals surface area (Å²) in [7, 11) is 3.89. The van der Waals surface area contributed by atoms with Crippen molar-refractivity contribution in [3.05, 3.63) is 21.9 Å². The SMILES string of the molecule is COCCNCCN(C)Cc1sccc1C. The lowest BCUT2D eigenvalue weighted by molar-refractivity contribution is 0.197. The molecule has 92 valence electrons. The number of hydrogen-bond donors (Lipinski definition) is 1. The summed E-state index contributed by atoms with van der Waals surface area (Å²) in [6.07, 6.45) is 0. The normalized spacial score (nSPS) is 11.2. The minimum Gasteiger partial charge on any atom is -0.383 e. The first-order valence-corrected chi connectivity index (χ1v) is 6.53. The van der Waals surface area contributed by atoms with Gasteiger partial charge in [0.05, 0.1) is 6.61 Å². The zero-order valence-corrected chi connectivity index (χ0v) is 11.3. The van der Waals surface area contributed by atoms with E-state index >= 15 is 0 Å². The fraction of sp³-hybridized carbons (Fsp3) is 0.667. The standard InChI is InChI=1S/C12H22N2OS/c1-11-4-9-16-12(11)10-14(2)7-5-13-6-8-15-3/h4,9,13H,5-8,10H2,1-3H3. The van der Waals surface area contributed by atoms with Crippen molar-refractivity contribution in [3.63, 3.8) is 0 Å². The zero-order chi connectivity index (χ0) is 11.8. The first kappa shape index (κ1) is 13.6. The van der Waals surface area contributed by atoms with E-state index in [0.29, 0.717) is 0 Å². The van der Waals surface area contributed by atoms with Gasteiger partial charge < -0.3 is 15.0 Å². The molecule has 0 aliphatic heterocycles. The fourth-order valence-electron chi connectivity index (χ4n) is 1.46. The van der Waals surface area contributed by atoms with Crippen molar-refractivity contribution < 1.29 is 4.74 Å². The molecule has 1 N–H and O–H groups in total. The van der Waals surface area contributed by atoms with Crippen LogP contribution in [0.15, 0.2) is 11.4 Å². The molecule has 0 aliphatic carbocycles. The van der Waals surface area contributed by atoms with Crippen molar-refractivity contribution in [2.24, 2.45) is 0 Å². The first-order chi connectivity index (χ1) is 7.74. The van der Waals surface area contributed by atoms with Gasteiger partial charge in [0.25, 0.3) is 0 Å². The zero-order valence-electron chi connectivity index (χ0n) is 10.5. The molecule has 1 heterocycles. The van der Waals surface area contributed by atoms with Crippen molar-refractivity contribution in [2.75, 3.05) is 40.4 Å². The van der Waals surface area contributed by atoms with Crippen molar-refractivity contribution in [1.82, 2.24) is 10.2 Å². The minimum absolute atomic E-state index is 0.785. The Morgan fingerprint density at radius 3 is 2.88 bits per heavy atom. The molecule has 0 amide bonds. The van der Waals surface area contributed by atoms with E-state index in [-0.39, 0.29) is 0 Å². The second kappa shape index (κ2) is 7.79. The number of nitrogens with one attached hydrogen (secondary N) is 1. The predicted molar refractivity (Wildman–Crippen MR) is 70.1 cm³/mol. The van der Waals surface area contributed by atoms with E-state index in [4.69, 9.17) is 4.74 Å². The summed E-state index contributed by atoms with van der Waals surface area (Å²) in [4.78, 5) is 3.82. The number of rotatable bonds is 8. The Bertz CT molecular complexity index is 288. The number of methoxy groups -OCH3 is 1. The lowest BCUT2D eigenvalue weighted by Crippen LogP contribution is -2.30. The minimum atomic E-state index is 0.785. The second-order valence-electron chi connectivity index (χ2n) is 4.01. The molecule has 0 unspecified atom stereocenters. The van der Waals surface area contributed by atoms with E-state index in [0.717, 1.165) is 32.8 Å². The number of aryl methyl sites for hydroxylation is 1. The Morgan fingerprint density at radius 2 is 2.25 bits per heavy atom. The van der Waals surface area contributed by atoms with Gasteiger partial charge in [-0.3, -0.25) is 0 Å². The van der Waals surface area contributed by atoms with Gasteiger partial charge in [0, 0.05) is 38.2 Å². The second-order valence-corrected chi connectivity index (χ2v) is 5.01. The summed E-state index contributed by atoms with van der Waals surface area (Å²) < 4.78 is 4.98. The van der Waals surface area contributed by atoms with Crippen LogP contribution in [-0.2, 0) is 11.3 Å². The van der Waals surface area contributed by atoms with Gasteiger partial charge in [-0.2, -0.15) is 0 Å². The highest BCUT2D eigenvalue weighted by Crippen LogP contribution is 2.16. The molecule has 0 radical (unpaired) electrons. The van der Waals surface area contributed by atoms with Crippen molar-refractivity contribution >= 4 is 11.3 Å². The lowest BCUT2D eigenvalue weighted by Gasteiger charge is -2.16. The Kier molecular flexibility index (Phi) is 6.64. The van der Waals surface area contributed by atoms with E-state index in [9.17, 15) is 0 Å². The van der Waals surface area contributed by atoms with Crippen LogP contribution < -0.4 is 5.32 Å². The molecule has 0 saturated carbocycles. The van der Waals surface area contributed by atoms with Crippen LogP contribution in [0.4, 0.5) is 0 Å². The van der Waals surface area contributed by atoms with Crippen LogP contribution in [0.2, 0.25) is 0 Å². The van der Waals surface area contributed by atoms with Gasteiger partial charge in [0.15, 0.2) is 0 Å². The van der Waals surface area contributed by atoms with Gasteiger partial charge in [0.2, 0.25) is 0 Å². The van der Waals surface area contributed by atoms with Gasteiger partial charge in [0.1, 0.15) is 0 Å². The number of ether oxygens (including phenoxy) is 1. The highest BCUT2D eigenvalue weighted by Gasteiger charge is 2.03. The van der Waals surface area contributed by atoms with Crippen LogP contribution >= 0.6 is 11.3 Å². The quantitative estimate of drug-likeness (QED) is 0.703. The molecule has 0 aliphatic rings. The smallest absolute Gasteiger partial charge is 0.0587 e. The average molecular weight is 242 g/mol. The van der Waals surface area contributed by atoms with Crippen molar-refractivity contribution in [3.8, 4) is 0 Å². The van der Waals surface area contributed by atoms with Crippen LogP contribution in [0.1, 0.15) is 10.4 Å². The van der Waals surface area contributed by atoms with E-state index < -0.39 is 0 Å². The Labute approximate surface area is 102 Å². The molecule has 1 aromatic rings. The summed E-state index contributed by atoms with van der Waals surface area (Å²) >= 11 is 1.84. The highest BCUT2D eigenvalue weighted by atomic mass is 32.1. The molecule has 0 fully saturated rings. The Balaban J connectivity index is 2.11. The summed E-state index contributed by atoms with van der Waals surface area (Å²) in [6, 6.07) is 2.19. The number of likely N-dealkylation sites (N-methyl/N-ethyl adjacent to an activating group) is 1. The van der Waals surface area contributed by atoms with Gasteiger partial charge in [-0.15, -0.1) is 11.3 Å². The highest BCUT2D eigenvalue weighted by molar-refractivity contribution is 7.10. The molecular weight excluding hydrogens is 220 g/mol. The number of nitrogens with zero attached hydrogens (tertiary/aromatic N) is 1. The predicted octanol–water partition coefficient (Wildman–Crippen LogP) is 1.72. The maximum absolute atomic E-state index is 4.98. The summed E-state index contributed by atoms with van der Waals surface area (Å²) in [6.45, 7) is 7.04. The topological polar surface area (TPSA) is 24.5 Å². The Hall–Kier alpha value is -0.420. The largest absolute Gasteiger partial charge is 0.383 e. The summed E-state index contributed by atoms with van der Waals surface area (Å²) in [5.41, 5.74) is 1.41. The van der Waals surface area contributed by atoms with Crippen molar-refractivity contribution in [2.45, 2.75) is 13.5 Å². The van der Waals surface area contributed by atoms with E-state index in [1.54, 1.807) is 7.11 Å². The van der Waals surface area contributed by atoms with Gasteiger partial charge >= 0.3 is 0 Å². The Morgan fingerprint density at radius 1 is 1.44 bits per heavy atom. The third-order valence-electron chi connectivity index (χ3n) is 2.53. The molecule has 16 heavy (non-hydrogen) atoms. The van der Waals surface area contributed by atoms with Crippen molar-refractivity contribution in [1.29, 1.82) is 0 Å². The summed E-state index contributed by atoms with van der Waals surface area (Å²) in [5, 5.41) is 5.51. The third kappa shape index (κ3) is 5.07. The van der Waals surface area contributed by atoms with Gasteiger partial charge in [-0.25, -0.2) is 0 Å². The molecule has 1 rings (SSSR count). The molecule has 0 atom stereocenters. The van der Waals surface area contributed by atoms with Gasteiger partial charge in [-0.1, -0.05) is 0 Å². The maximum Gasteiger partial charge on any atom is 0.0587 e. The van der Waals surface area contributed by atoms with E-state index in [2.05, 4.69) is 35.6 Å².